The highest BCUT2D eigenvalue weighted by atomic mass is 32.1. The van der Waals surface area contributed by atoms with Crippen LogP contribution in [0.1, 0.15) is 23.3 Å². The number of rotatable bonds is 6. The summed E-state index contributed by atoms with van der Waals surface area (Å²) in [6.07, 6.45) is 1.80. The van der Waals surface area contributed by atoms with E-state index in [4.69, 9.17) is 0 Å². The summed E-state index contributed by atoms with van der Waals surface area (Å²) < 4.78 is 0. The molecule has 0 unspecified atom stereocenters. The molecule has 114 valence electrons. The van der Waals surface area contributed by atoms with Crippen LogP contribution in [0.3, 0.4) is 0 Å². The molecule has 2 amide bonds. The Balaban J connectivity index is 1.72. The smallest absolute Gasteiger partial charge is 0.240 e. The molecule has 5 nitrogen and oxygen atoms in total. The van der Waals surface area contributed by atoms with Gasteiger partial charge in [-0.05, 0) is 30.0 Å². The Labute approximate surface area is 133 Å². The third-order valence-corrected chi connectivity index (χ3v) is 3.73. The fraction of sp³-hybridized carbons (Fsp3) is 0.188. The Kier molecular flexibility index (Phi) is 5.85. The van der Waals surface area contributed by atoms with E-state index in [9.17, 15) is 9.59 Å². The van der Waals surface area contributed by atoms with E-state index in [2.05, 4.69) is 15.8 Å². The Morgan fingerprint density at radius 1 is 1.14 bits per heavy atom. The lowest BCUT2D eigenvalue weighted by molar-refractivity contribution is -0.124. The van der Waals surface area contributed by atoms with Crippen molar-refractivity contribution in [3.8, 4) is 0 Å². The van der Waals surface area contributed by atoms with Crippen molar-refractivity contribution < 1.29 is 9.59 Å². The molecule has 0 radical (unpaired) electrons. The topological polar surface area (TPSA) is 70.6 Å². The monoisotopic (exact) mass is 315 g/mol. The lowest BCUT2D eigenvalue weighted by Gasteiger charge is -2.07. The summed E-state index contributed by atoms with van der Waals surface area (Å²) in [4.78, 5) is 24.4. The summed E-state index contributed by atoms with van der Waals surface area (Å²) in [5.41, 5.74) is 4.16. The average molecular weight is 315 g/mol. The number of thiophene rings is 1. The highest BCUT2D eigenvalue weighted by molar-refractivity contribution is 7.11. The minimum Gasteiger partial charge on any atom is -0.326 e. The van der Waals surface area contributed by atoms with Crippen LogP contribution >= 0.6 is 11.3 Å². The molecule has 1 aromatic heterocycles. The van der Waals surface area contributed by atoms with Gasteiger partial charge in [-0.25, -0.2) is 5.43 Å². The van der Waals surface area contributed by atoms with Crippen LogP contribution in [-0.4, -0.2) is 18.0 Å². The lowest BCUT2D eigenvalue weighted by atomic mass is 10.2. The van der Waals surface area contributed by atoms with Crippen molar-refractivity contribution in [1.29, 1.82) is 0 Å². The summed E-state index contributed by atoms with van der Waals surface area (Å²) in [5, 5.41) is 8.56. The third kappa shape index (κ3) is 5.14. The van der Waals surface area contributed by atoms with Gasteiger partial charge in [-0.3, -0.25) is 9.59 Å². The van der Waals surface area contributed by atoms with Gasteiger partial charge >= 0.3 is 0 Å². The van der Waals surface area contributed by atoms with Gasteiger partial charge in [0.2, 0.25) is 11.8 Å². The Bertz CT molecular complexity index is 666. The molecule has 0 atom stereocenters. The summed E-state index contributed by atoms with van der Waals surface area (Å²) >= 11 is 1.53. The standard InChI is InChI=1S/C16H17N3O2S/c1-12-5-2-3-7-14(12)18-15(20)8-9-16(21)19-17-11-13-6-4-10-22-13/h2-7,10-11H,8-9H2,1H3,(H,18,20)(H,19,21)/b17-11-. The maximum absolute atomic E-state index is 11.8. The molecule has 0 fully saturated rings. The van der Waals surface area contributed by atoms with Gasteiger partial charge in [0.05, 0.1) is 6.21 Å². The van der Waals surface area contributed by atoms with Crippen molar-refractivity contribution in [3.63, 3.8) is 0 Å². The first-order valence-corrected chi connectivity index (χ1v) is 7.74. The van der Waals surface area contributed by atoms with Gasteiger partial charge in [0, 0.05) is 23.4 Å². The fourth-order valence-corrected chi connectivity index (χ4v) is 2.33. The molecule has 0 spiro atoms. The summed E-state index contributed by atoms with van der Waals surface area (Å²) in [5.74, 6) is -0.473. The molecule has 1 heterocycles. The van der Waals surface area contributed by atoms with Crippen LogP contribution in [0, 0.1) is 6.92 Å². The van der Waals surface area contributed by atoms with Gasteiger partial charge in [0.15, 0.2) is 0 Å². The number of aryl methyl sites for hydroxylation is 1. The first kappa shape index (κ1) is 15.9. The quantitative estimate of drug-likeness (QED) is 0.635. The molecule has 22 heavy (non-hydrogen) atoms. The molecule has 6 heteroatoms. The zero-order valence-electron chi connectivity index (χ0n) is 12.2. The minimum absolute atomic E-state index is 0.0967. The van der Waals surface area contributed by atoms with Crippen LogP contribution < -0.4 is 10.7 Å². The predicted octanol–water partition coefficient (Wildman–Crippen LogP) is 2.93. The largest absolute Gasteiger partial charge is 0.326 e. The number of carbonyl (C=O) groups excluding carboxylic acids is 2. The van der Waals surface area contributed by atoms with Crippen molar-refractivity contribution in [2.24, 2.45) is 5.10 Å². The van der Waals surface area contributed by atoms with Crippen molar-refractivity contribution in [2.45, 2.75) is 19.8 Å². The van der Waals surface area contributed by atoms with E-state index in [0.29, 0.717) is 0 Å². The van der Waals surface area contributed by atoms with Crippen LogP contribution in [0.5, 0.6) is 0 Å². The molecule has 0 saturated carbocycles. The van der Waals surface area contributed by atoms with E-state index in [0.717, 1.165) is 16.1 Å². The molecule has 0 saturated heterocycles. The summed E-state index contributed by atoms with van der Waals surface area (Å²) in [6.45, 7) is 1.92. The molecule has 2 rings (SSSR count). The number of anilines is 1. The van der Waals surface area contributed by atoms with E-state index in [1.807, 2.05) is 48.7 Å². The van der Waals surface area contributed by atoms with Crippen LogP contribution in [0.15, 0.2) is 46.9 Å². The van der Waals surface area contributed by atoms with Crippen LogP contribution in [0.2, 0.25) is 0 Å². The minimum atomic E-state index is -0.285. The van der Waals surface area contributed by atoms with E-state index in [1.54, 1.807) is 6.21 Å². The van der Waals surface area contributed by atoms with Crippen molar-refractivity contribution in [2.75, 3.05) is 5.32 Å². The van der Waals surface area contributed by atoms with Crippen LogP contribution in [0.4, 0.5) is 5.69 Å². The predicted molar refractivity (Wildman–Crippen MR) is 89.1 cm³/mol. The molecule has 0 aliphatic heterocycles. The highest BCUT2D eigenvalue weighted by Crippen LogP contribution is 2.13. The van der Waals surface area contributed by atoms with Crippen molar-refractivity contribution >= 4 is 35.1 Å². The number of benzene rings is 1. The zero-order valence-corrected chi connectivity index (χ0v) is 13.0. The number of carbonyl (C=O) groups is 2. The first-order chi connectivity index (χ1) is 10.6. The first-order valence-electron chi connectivity index (χ1n) is 6.86. The summed E-state index contributed by atoms with van der Waals surface area (Å²) in [6, 6.07) is 11.3. The van der Waals surface area contributed by atoms with Gasteiger partial charge < -0.3 is 5.32 Å². The number of nitrogens with one attached hydrogen (secondary N) is 2. The number of hydrogen-bond acceptors (Lipinski definition) is 4. The number of hydrogen-bond donors (Lipinski definition) is 2. The van der Waals surface area contributed by atoms with Gasteiger partial charge in [-0.2, -0.15) is 5.10 Å². The number of nitrogens with zero attached hydrogens (tertiary/aromatic N) is 1. The van der Waals surface area contributed by atoms with E-state index < -0.39 is 0 Å². The fourth-order valence-electron chi connectivity index (χ4n) is 1.74. The van der Waals surface area contributed by atoms with Crippen molar-refractivity contribution in [1.82, 2.24) is 5.43 Å². The number of para-hydroxylation sites is 1. The average Bonchev–Trinajstić information content (AvgIpc) is 3.01. The molecule has 1 aromatic carbocycles. The normalized spacial score (nSPS) is 10.6. The highest BCUT2D eigenvalue weighted by Gasteiger charge is 2.07. The number of hydrazone groups is 1. The van der Waals surface area contributed by atoms with E-state index in [-0.39, 0.29) is 24.7 Å². The van der Waals surface area contributed by atoms with Crippen molar-refractivity contribution in [3.05, 3.63) is 52.2 Å². The Hall–Kier alpha value is -2.47. The lowest BCUT2D eigenvalue weighted by Crippen LogP contribution is -2.20. The molecular formula is C16H17N3O2S. The van der Waals surface area contributed by atoms with Gasteiger partial charge in [0.25, 0.3) is 0 Å². The SMILES string of the molecule is Cc1ccccc1NC(=O)CCC(=O)N/N=C\c1cccs1. The zero-order chi connectivity index (χ0) is 15.8. The molecule has 2 aromatic rings. The maximum Gasteiger partial charge on any atom is 0.240 e. The van der Waals surface area contributed by atoms with E-state index >= 15 is 0 Å². The second-order valence-corrected chi connectivity index (χ2v) is 5.65. The Morgan fingerprint density at radius 3 is 2.64 bits per heavy atom. The van der Waals surface area contributed by atoms with Crippen LogP contribution in [0.25, 0.3) is 0 Å². The Morgan fingerprint density at radius 2 is 1.91 bits per heavy atom. The molecule has 0 aliphatic carbocycles. The number of amides is 2. The third-order valence-electron chi connectivity index (χ3n) is 2.92. The van der Waals surface area contributed by atoms with Gasteiger partial charge in [-0.1, -0.05) is 24.3 Å². The van der Waals surface area contributed by atoms with Crippen LogP contribution in [-0.2, 0) is 9.59 Å². The van der Waals surface area contributed by atoms with E-state index in [1.165, 1.54) is 11.3 Å². The van der Waals surface area contributed by atoms with Gasteiger partial charge in [-0.15, -0.1) is 11.3 Å². The summed E-state index contributed by atoms with van der Waals surface area (Å²) in [7, 11) is 0. The second kappa shape index (κ2) is 8.09. The molecule has 0 bridgehead atoms. The molecule has 0 aliphatic rings. The molecular weight excluding hydrogens is 298 g/mol. The second-order valence-electron chi connectivity index (χ2n) is 4.67. The molecule has 2 N–H and O–H groups in total. The maximum atomic E-state index is 11.8. The van der Waals surface area contributed by atoms with Gasteiger partial charge in [0.1, 0.15) is 0 Å².